The molecule has 1 fully saturated rings. The van der Waals surface area contributed by atoms with Gasteiger partial charge in [0.25, 0.3) is 5.91 Å². The first-order valence-corrected chi connectivity index (χ1v) is 12.2. The fourth-order valence-electron chi connectivity index (χ4n) is 4.30. The van der Waals surface area contributed by atoms with Crippen molar-refractivity contribution in [2.45, 2.75) is 25.0 Å². The zero-order valence-electron chi connectivity index (χ0n) is 19.7. The number of amides is 1. The van der Waals surface area contributed by atoms with Crippen LogP contribution in [-0.4, -0.2) is 52.7 Å². The van der Waals surface area contributed by atoms with E-state index in [9.17, 15) is 14.3 Å². The van der Waals surface area contributed by atoms with Crippen LogP contribution in [0.2, 0.25) is 5.02 Å². The standard InChI is InChI=1S/C26H24ClFN6O3/c27-21-4-3-16(8-22(21)28)24(19-12-31-32-13-19)34-25(36)17-1-2-18-11-30-26(33-23(18)9-17)29-10-15-5-6-37-20(7-15)14-35/h1-4,8-13,15,20,24,35H,5-7,14H2,(H,31,32)(H,34,36)/p+1/t15?,20-,24-/m0/s1. The number of hydrogen-bond donors (Lipinski definition) is 3. The quantitative estimate of drug-likeness (QED) is 0.324. The fraction of sp³-hybridized carbons (Fsp3) is 0.269. The molecule has 2 aromatic carbocycles. The summed E-state index contributed by atoms with van der Waals surface area (Å²) in [5.74, 6) is -0.470. The van der Waals surface area contributed by atoms with Crippen LogP contribution in [0.5, 0.6) is 0 Å². The van der Waals surface area contributed by atoms with Crippen LogP contribution < -0.4 is 10.7 Å². The minimum atomic E-state index is -0.620. The van der Waals surface area contributed by atoms with Gasteiger partial charge in [0, 0.05) is 30.0 Å². The molecule has 0 aliphatic carbocycles. The molecule has 190 valence electrons. The maximum atomic E-state index is 14.2. The van der Waals surface area contributed by atoms with E-state index in [1.165, 1.54) is 12.1 Å². The predicted molar refractivity (Wildman–Crippen MR) is 137 cm³/mol. The molecular formula is C26H25ClFN6O3+. The Hall–Kier alpha value is -3.57. The summed E-state index contributed by atoms with van der Waals surface area (Å²) in [6, 6.07) is 8.94. The van der Waals surface area contributed by atoms with Crippen LogP contribution >= 0.6 is 11.6 Å². The SMILES string of the molecule is O=C(N[C@H](C1=C[NH2+]N=C1)c1ccc(Cl)c(F)c1)c1ccc2cnc(N=CC3CCO[C@H](CO)C3)nc2c1. The molecule has 2 aliphatic rings. The van der Waals surface area contributed by atoms with Gasteiger partial charge in [0.2, 0.25) is 5.95 Å². The van der Waals surface area contributed by atoms with Crippen molar-refractivity contribution in [3.05, 3.63) is 76.3 Å². The highest BCUT2D eigenvalue weighted by atomic mass is 35.5. The van der Waals surface area contributed by atoms with Gasteiger partial charge in [-0.05, 0) is 48.6 Å². The first-order chi connectivity index (χ1) is 18.0. The fourth-order valence-corrected chi connectivity index (χ4v) is 4.42. The molecule has 3 heterocycles. The number of nitrogens with two attached hydrogens (primary N) is 1. The lowest BCUT2D eigenvalue weighted by Crippen LogP contribution is -2.69. The lowest BCUT2D eigenvalue weighted by atomic mass is 9.97. The van der Waals surface area contributed by atoms with Crippen LogP contribution in [0.3, 0.4) is 0 Å². The second-order valence-electron chi connectivity index (χ2n) is 8.86. The maximum Gasteiger partial charge on any atom is 0.252 e. The number of carbonyl (C=O) groups excluding carboxylic acids is 1. The molecule has 1 aromatic heterocycles. The van der Waals surface area contributed by atoms with Gasteiger partial charge in [-0.3, -0.25) is 4.79 Å². The maximum absolute atomic E-state index is 14.2. The number of nitrogens with one attached hydrogen (secondary N) is 1. The number of aromatic nitrogens is 2. The Morgan fingerprint density at radius 2 is 2.24 bits per heavy atom. The summed E-state index contributed by atoms with van der Waals surface area (Å²) in [5, 5.41) is 17.1. The Bertz CT molecular complexity index is 1410. The normalized spacial score (nSPS) is 20.4. The van der Waals surface area contributed by atoms with E-state index in [1.807, 2.05) is 0 Å². The van der Waals surface area contributed by atoms with E-state index in [0.717, 1.165) is 11.8 Å². The van der Waals surface area contributed by atoms with Crippen molar-refractivity contribution in [2.75, 3.05) is 13.2 Å². The number of hydrogen-bond acceptors (Lipinski definition) is 7. The van der Waals surface area contributed by atoms with Crippen LogP contribution in [0.25, 0.3) is 10.9 Å². The van der Waals surface area contributed by atoms with E-state index in [4.69, 9.17) is 16.3 Å². The minimum absolute atomic E-state index is 0.00664. The van der Waals surface area contributed by atoms with Gasteiger partial charge in [-0.2, -0.15) is 5.43 Å². The number of halogens is 2. The van der Waals surface area contributed by atoms with Crippen molar-refractivity contribution in [1.29, 1.82) is 0 Å². The molecule has 0 radical (unpaired) electrons. The summed E-state index contributed by atoms with van der Waals surface area (Å²) in [7, 11) is 0. The smallest absolute Gasteiger partial charge is 0.252 e. The molecule has 0 bridgehead atoms. The molecule has 3 atom stereocenters. The van der Waals surface area contributed by atoms with Gasteiger partial charge in [0.05, 0.1) is 41.1 Å². The monoisotopic (exact) mass is 523 g/mol. The number of aliphatic hydroxyl groups is 1. The van der Waals surface area contributed by atoms with Gasteiger partial charge in [0.1, 0.15) is 12.0 Å². The lowest BCUT2D eigenvalue weighted by molar-refractivity contribution is -0.590. The first kappa shape index (κ1) is 25.1. The Labute approximate surface area is 217 Å². The molecule has 5 rings (SSSR count). The zero-order chi connectivity index (χ0) is 25.8. The predicted octanol–water partition coefficient (Wildman–Crippen LogP) is 2.83. The van der Waals surface area contributed by atoms with Crippen molar-refractivity contribution >= 4 is 46.8 Å². The molecule has 3 aromatic rings. The molecule has 1 saturated heterocycles. The zero-order valence-corrected chi connectivity index (χ0v) is 20.5. The van der Waals surface area contributed by atoms with Crippen LogP contribution in [0.15, 0.2) is 64.5 Å². The van der Waals surface area contributed by atoms with E-state index in [1.54, 1.807) is 54.5 Å². The molecule has 4 N–H and O–H groups in total. The summed E-state index contributed by atoms with van der Waals surface area (Å²) in [5.41, 5.74) is 3.82. The van der Waals surface area contributed by atoms with Gasteiger partial charge in [0.15, 0.2) is 0 Å². The number of rotatable bonds is 7. The number of aliphatic imine (C=N–C) groups is 1. The van der Waals surface area contributed by atoms with Gasteiger partial charge in [-0.25, -0.2) is 19.4 Å². The topological polar surface area (TPSA) is 126 Å². The second kappa shape index (κ2) is 11.2. The molecule has 1 amide bonds. The highest BCUT2D eigenvalue weighted by Gasteiger charge is 2.24. The van der Waals surface area contributed by atoms with Gasteiger partial charge >= 0.3 is 0 Å². The van der Waals surface area contributed by atoms with Crippen molar-refractivity contribution in [1.82, 2.24) is 15.3 Å². The summed E-state index contributed by atoms with van der Waals surface area (Å²) in [6.07, 6.45) is 8.16. The van der Waals surface area contributed by atoms with Crippen molar-refractivity contribution < 1.29 is 24.5 Å². The molecule has 1 unspecified atom stereocenters. The number of quaternary nitrogens is 1. The van der Waals surface area contributed by atoms with Crippen LogP contribution in [0, 0.1) is 11.7 Å². The van der Waals surface area contributed by atoms with E-state index < -0.39 is 11.9 Å². The summed E-state index contributed by atoms with van der Waals surface area (Å²) in [4.78, 5) is 26.5. The van der Waals surface area contributed by atoms with Gasteiger partial charge in [-0.1, -0.05) is 28.8 Å². The van der Waals surface area contributed by atoms with E-state index >= 15 is 0 Å². The molecule has 9 nitrogen and oxygen atoms in total. The Kier molecular flexibility index (Phi) is 7.61. The molecule has 0 saturated carbocycles. The van der Waals surface area contributed by atoms with Crippen LogP contribution in [0.1, 0.15) is 34.8 Å². The molecule has 11 heteroatoms. The molecule has 0 spiro atoms. The molecule has 2 aliphatic heterocycles. The summed E-state index contributed by atoms with van der Waals surface area (Å²) in [6.45, 7) is 0.557. The number of carbonyl (C=O) groups is 1. The Morgan fingerprint density at radius 1 is 1.35 bits per heavy atom. The third-order valence-corrected chi connectivity index (χ3v) is 6.61. The third-order valence-electron chi connectivity index (χ3n) is 6.31. The van der Waals surface area contributed by atoms with Gasteiger partial charge in [-0.15, -0.1) is 0 Å². The van der Waals surface area contributed by atoms with Crippen LogP contribution in [0.4, 0.5) is 10.3 Å². The summed E-state index contributed by atoms with van der Waals surface area (Å²) < 4.78 is 19.7. The van der Waals surface area contributed by atoms with Crippen molar-refractivity contribution in [3.8, 4) is 0 Å². The number of fused-ring (bicyclic) bond motifs is 1. The Balaban J connectivity index is 1.36. The number of benzene rings is 2. The van der Waals surface area contributed by atoms with E-state index in [0.29, 0.717) is 35.2 Å². The Morgan fingerprint density at radius 3 is 3.03 bits per heavy atom. The van der Waals surface area contributed by atoms with Crippen molar-refractivity contribution in [2.24, 2.45) is 16.0 Å². The second-order valence-corrected chi connectivity index (χ2v) is 9.26. The number of nitrogens with zero attached hydrogens (tertiary/aromatic N) is 4. The molecule has 37 heavy (non-hydrogen) atoms. The van der Waals surface area contributed by atoms with E-state index in [-0.39, 0.29) is 35.5 Å². The first-order valence-electron chi connectivity index (χ1n) is 11.9. The average Bonchev–Trinajstić information content (AvgIpc) is 3.46. The lowest BCUT2D eigenvalue weighted by Gasteiger charge is -2.25. The molecular weight excluding hydrogens is 499 g/mol. The van der Waals surface area contributed by atoms with Crippen LogP contribution in [-0.2, 0) is 4.74 Å². The minimum Gasteiger partial charge on any atom is -0.394 e. The van der Waals surface area contributed by atoms with Crippen molar-refractivity contribution in [3.63, 3.8) is 0 Å². The summed E-state index contributed by atoms with van der Waals surface area (Å²) >= 11 is 5.85. The number of ether oxygens (including phenoxy) is 1. The largest absolute Gasteiger partial charge is 0.394 e. The van der Waals surface area contributed by atoms with E-state index in [2.05, 4.69) is 25.4 Å². The average molecular weight is 524 g/mol. The third kappa shape index (κ3) is 5.89. The highest BCUT2D eigenvalue weighted by Crippen LogP contribution is 2.26. The number of aliphatic hydroxyl groups excluding tert-OH is 1. The highest BCUT2D eigenvalue weighted by molar-refractivity contribution is 6.30. The van der Waals surface area contributed by atoms with Gasteiger partial charge < -0.3 is 15.2 Å².